The molecular weight excluding hydrogens is 316 g/mol. The zero-order chi connectivity index (χ0) is 18.1. The van der Waals surface area contributed by atoms with E-state index in [1.807, 2.05) is 20.8 Å². The standard InChI is InChI=1S/C15H30N4O5/c1-15(2,3)24-14(20)17-6-4-8-21-10-12-23-13-11-22-9-5-7-18-19-16/h4-13H2,1-3H3,(H,17,20). The fourth-order valence-corrected chi connectivity index (χ4v) is 1.50. The highest BCUT2D eigenvalue weighted by molar-refractivity contribution is 5.67. The van der Waals surface area contributed by atoms with E-state index in [1.54, 1.807) is 0 Å². The highest BCUT2D eigenvalue weighted by Gasteiger charge is 2.15. The van der Waals surface area contributed by atoms with Crippen LogP contribution >= 0.6 is 0 Å². The Morgan fingerprint density at radius 3 is 2.08 bits per heavy atom. The summed E-state index contributed by atoms with van der Waals surface area (Å²) in [6.45, 7) is 9.57. The summed E-state index contributed by atoms with van der Waals surface area (Å²) in [7, 11) is 0. The maximum absolute atomic E-state index is 11.4. The van der Waals surface area contributed by atoms with Crippen LogP contribution in [-0.2, 0) is 18.9 Å². The summed E-state index contributed by atoms with van der Waals surface area (Å²) in [5.74, 6) is 0. The molecule has 0 spiro atoms. The van der Waals surface area contributed by atoms with Crippen LogP contribution in [0.3, 0.4) is 0 Å². The smallest absolute Gasteiger partial charge is 0.407 e. The van der Waals surface area contributed by atoms with Gasteiger partial charge in [0.25, 0.3) is 0 Å². The maximum atomic E-state index is 11.4. The van der Waals surface area contributed by atoms with Crippen LogP contribution in [0.1, 0.15) is 33.6 Å². The minimum atomic E-state index is -0.480. The van der Waals surface area contributed by atoms with Crippen molar-refractivity contribution < 1.29 is 23.7 Å². The molecule has 9 heteroatoms. The van der Waals surface area contributed by atoms with Crippen LogP contribution in [-0.4, -0.2) is 64.4 Å². The second kappa shape index (κ2) is 15.0. The number of carbonyl (C=O) groups is 1. The highest BCUT2D eigenvalue weighted by Crippen LogP contribution is 2.06. The number of hydrogen-bond acceptors (Lipinski definition) is 6. The number of nitrogens with one attached hydrogen (secondary N) is 1. The normalized spacial score (nSPS) is 11.0. The Bertz CT molecular complexity index is 367. The summed E-state index contributed by atoms with van der Waals surface area (Å²) in [6, 6.07) is 0. The van der Waals surface area contributed by atoms with E-state index in [2.05, 4.69) is 15.3 Å². The third-order valence-corrected chi connectivity index (χ3v) is 2.49. The Kier molecular flexibility index (Phi) is 14.1. The predicted octanol–water partition coefficient (Wildman–Crippen LogP) is 2.65. The number of hydrogen-bond donors (Lipinski definition) is 1. The number of carbonyl (C=O) groups excluding carboxylic acids is 1. The van der Waals surface area contributed by atoms with E-state index in [9.17, 15) is 4.79 Å². The van der Waals surface area contributed by atoms with E-state index >= 15 is 0 Å². The summed E-state index contributed by atoms with van der Waals surface area (Å²) < 4.78 is 21.1. The van der Waals surface area contributed by atoms with Gasteiger partial charge in [0.2, 0.25) is 0 Å². The van der Waals surface area contributed by atoms with Gasteiger partial charge in [-0.1, -0.05) is 5.11 Å². The minimum absolute atomic E-state index is 0.412. The molecule has 0 aliphatic heterocycles. The summed E-state index contributed by atoms with van der Waals surface area (Å²) in [5, 5.41) is 6.08. The van der Waals surface area contributed by atoms with Crippen LogP contribution in [0.2, 0.25) is 0 Å². The fourth-order valence-electron chi connectivity index (χ4n) is 1.50. The van der Waals surface area contributed by atoms with Crippen LogP contribution in [0.4, 0.5) is 4.79 Å². The zero-order valence-electron chi connectivity index (χ0n) is 15.0. The number of amides is 1. The zero-order valence-corrected chi connectivity index (χ0v) is 15.0. The van der Waals surface area contributed by atoms with Crippen LogP contribution in [0.15, 0.2) is 5.11 Å². The second-order valence-corrected chi connectivity index (χ2v) is 5.93. The number of azide groups is 1. The van der Waals surface area contributed by atoms with Gasteiger partial charge in [-0.3, -0.25) is 0 Å². The Labute approximate surface area is 143 Å². The summed E-state index contributed by atoms with van der Waals surface area (Å²) in [4.78, 5) is 14.0. The Hall–Kier alpha value is -1.54. The summed E-state index contributed by atoms with van der Waals surface area (Å²) >= 11 is 0. The molecule has 0 aromatic heterocycles. The van der Waals surface area contributed by atoms with Gasteiger partial charge >= 0.3 is 6.09 Å². The molecule has 1 N–H and O–H groups in total. The van der Waals surface area contributed by atoms with Gasteiger partial charge in [-0.15, -0.1) is 0 Å². The molecule has 9 nitrogen and oxygen atoms in total. The molecule has 0 aliphatic carbocycles. The van der Waals surface area contributed by atoms with Gasteiger partial charge in [-0.25, -0.2) is 4.79 Å². The molecule has 0 aromatic carbocycles. The Morgan fingerprint density at radius 2 is 1.54 bits per heavy atom. The number of nitrogens with zero attached hydrogens (tertiary/aromatic N) is 3. The molecule has 0 aliphatic rings. The molecule has 140 valence electrons. The molecule has 0 unspecified atom stereocenters. The molecule has 0 atom stereocenters. The van der Waals surface area contributed by atoms with Gasteiger partial charge in [0, 0.05) is 31.2 Å². The predicted molar refractivity (Wildman–Crippen MR) is 89.9 cm³/mol. The number of ether oxygens (including phenoxy) is 4. The SMILES string of the molecule is CC(C)(C)OC(=O)NCCCOCCOCCOCCCN=[N+]=[N-]. The van der Waals surface area contributed by atoms with Crippen LogP contribution < -0.4 is 5.32 Å². The van der Waals surface area contributed by atoms with Crippen molar-refractivity contribution in [2.45, 2.75) is 39.2 Å². The molecule has 0 radical (unpaired) electrons. The lowest BCUT2D eigenvalue weighted by Gasteiger charge is -2.19. The topological polar surface area (TPSA) is 115 Å². The van der Waals surface area contributed by atoms with Crippen molar-refractivity contribution in [2.24, 2.45) is 5.11 Å². The van der Waals surface area contributed by atoms with Crippen molar-refractivity contribution in [1.29, 1.82) is 0 Å². The second-order valence-electron chi connectivity index (χ2n) is 5.93. The molecule has 0 fully saturated rings. The van der Waals surface area contributed by atoms with E-state index in [1.165, 1.54) is 0 Å². The first-order valence-electron chi connectivity index (χ1n) is 8.16. The Balaban J connectivity index is 3.18. The third-order valence-electron chi connectivity index (χ3n) is 2.49. The van der Waals surface area contributed by atoms with Crippen molar-refractivity contribution in [2.75, 3.05) is 52.7 Å². The molecule has 24 heavy (non-hydrogen) atoms. The van der Waals surface area contributed by atoms with Crippen LogP contribution in [0, 0.1) is 0 Å². The molecule has 0 rings (SSSR count). The van der Waals surface area contributed by atoms with Gasteiger partial charge in [-0.05, 0) is 39.1 Å². The van der Waals surface area contributed by atoms with Gasteiger partial charge in [0.1, 0.15) is 5.60 Å². The molecule has 1 amide bonds. The van der Waals surface area contributed by atoms with Crippen LogP contribution in [0.5, 0.6) is 0 Å². The fraction of sp³-hybridized carbons (Fsp3) is 0.933. The first-order valence-corrected chi connectivity index (χ1v) is 8.16. The van der Waals surface area contributed by atoms with E-state index in [-0.39, 0.29) is 0 Å². The van der Waals surface area contributed by atoms with Crippen molar-refractivity contribution >= 4 is 6.09 Å². The van der Waals surface area contributed by atoms with Gasteiger partial charge in [0.15, 0.2) is 0 Å². The van der Waals surface area contributed by atoms with E-state index in [0.717, 1.165) is 0 Å². The minimum Gasteiger partial charge on any atom is -0.444 e. The van der Waals surface area contributed by atoms with E-state index in [0.29, 0.717) is 65.6 Å². The highest BCUT2D eigenvalue weighted by atomic mass is 16.6. The summed E-state index contributed by atoms with van der Waals surface area (Å²) in [6.07, 6.45) is 1.02. The molecular formula is C15H30N4O5. The first-order chi connectivity index (χ1) is 11.5. The van der Waals surface area contributed by atoms with Gasteiger partial charge < -0.3 is 24.3 Å². The quantitative estimate of drug-likeness (QED) is 0.225. The van der Waals surface area contributed by atoms with Crippen molar-refractivity contribution in [3.05, 3.63) is 10.4 Å². The lowest BCUT2D eigenvalue weighted by Crippen LogP contribution is -2.33. The average Bonchev–Trinajstić information content (AvgIpc) is 2.49. The largest absolute Gasteiger partial charge is 0.444 e. The average molecular weight is 346 g/mol. The lowest BCUT2D eigenvalue weighted by molar-refractivity contribution is 0.0138. The molecule has 0 saturated carbocycles. The molecule has 0 aromatic rings. The summed E-state index contributed by atoms with van der Waals surface area (Å²) in [5.41, 5.74) is 7.60. The lowest BCUT2D eigenvalue weighted by atomic mass is 10.2. The van der Waals surface area contributed by atoms with E-state index < -0.39 is 11.7 Å². The molecule has 0 saturated heterocycles. The van der Waals surface area contributed by atoms with E-state index in [4.69, 9.17) is 24.5 Å². The molecule has 0 bridgehead atoms. The van der Waals surface area contributed by atoms with Crippen molar-refractivity contribution in [3.63, 3.8) is 0 Å². The number of alkyl carbamates (subject to hydrolysis) is 1. The first kappa shape index (κ1) is 22.5. The van der Waals surface area contributed by atoms with Gasteiger partial charge in [0.05, 0.1) is 26.4 Å². The maximum Gasteiger partial charge on any atom is 0.407 e. The van der Waals surface area contributed by atoms with Crippen molar-refractivity contribution in [1.82, 2.24) is 5.32 Å². The Morgan fingerprint density at radius 1 is 1.00 bits per heavy atom. The van der Waals surface area contributed by atoms with Crippen molar-refractivity contribution in [3.8, 4) is 0 Å². The number of rotatable bonds is 14. The monoisotopic (exact) mass is 346 g/mol. The van der Waals surface area contributed by atoms with Gasteiger partial charge in [-0.2, -0.15) is 0 Å². The third kappa shape index (κ3) is 18.5. The van der Waals surface area contributed by atoms with Crippen LogP contribution in [0.25, 0.3) is 10.4 Å². The molecule has 0 heterocycles.